The monoisotopic (exact) mass is 258 g/mol. The Balaban J connectivity index is 2.15. The summed E-state index contributed by atoms with van der Waals surface area (Å²) in [5.41, 5.74) is 2.43. The summed E-state index contributed by atoms with van der Waals surface area (Å²) in [5, 5.41) is 0. The van der Waals surface area contributed by atoms with Gasteiger partial charge in [0, 0.05) is 4.47 Å². The van der Waals surface area contributed by atoms with Crippen LogP contribution in [0.25, 0.3) is 12.2 Å². The maximum atomic E-state index is 3.42. The molecule has 0 spiro atoms. The van der Waals surface area contributed by atoms with Crippen molar-refractivity contribution in [3.05, 3.63) is 70.2 Å². The molecule has 0 saturated carbocycles. The minimum absolute atomic E-state index is 1.11. The lowest BCUT2D eigenvalue weighted by molar-refractivity contribution is 1.61. The third kappa shape index (κ3) is 3.07. The Kier molecular flexibility index (Phi) is 3.36. The summed E-state index contributed by atoms with van der Waals surface area (Å²) < 4.78 is 1.11. The number of hydrogen-bond acceptors (Lipinski definition) is 0. The first kappa shape index (κ1) is 10.2. The number of rotatable bonds is 2. The second-order valence-corrected chi connectivity index (χ2v) is 4.21. The zero-order valence-electron chi connectivity index (χ0n) is 8.23. The van der Waals surface area contributed by atoms with E-state index in [9.17, 15) is 0 Å². The van der Waals surface area contributed by atoms with Crippen LogP contribution in [0.15, 0.2) is 59.1 Å². The molecule has 15 heavy (non-hydrogen) atoms. The molecule has 0 aromatic heterocycles. The van der Waals surface area contributed by atoms with E-state index < -0.39 is 0 Å². The molecule has 0 fully saturated rings. The highest BCUT2D eigenvalue weighted by molar-refractivity contribution is 9.10. The topological polar surface area (TPSA) is 0 Å². The standard InChI is InChI=1S/C14H11Br/c15-14-10-8-13(9-11-14)7-6-12-4-2-1-3-5-12/h1-11H/b7-6-. The van der Waals surface area contributed by atoms with E-state index in [1.165, 1.54) is 11.1 Å². The molecule has 0 aliphatic carbocycles. The summed E-state index contributed by atoms with van der Waals surface area (Å²) in [6.07, 6.45) is 4.23. The number of hydrogen-bond donors (Lipinski definition) is 0. The zero-order chi connectivity index (χ0) is 10.5. The van der Waals surface area contributed by atoms with Crippen molar-refractivity contribution in [2.75, 3.05) is 0 Å². The van der Waals surface area contributed by atoms with Crippen LogP contribution in [0.2, 0.25) is 0 Å². The van der Waals surface area contributed by atoms with E-state index in [1.807, 2.05) is 30.3 Å². The van der Waals surface area contributed by atoms with Crippen molar-refractivity contribution >= 4 is 28.1 Å². The van der Waals surface area contributed by atoms with Gasteiger partial charge in [-0.05, 0) is 23.3 Å². The van der Waals surface area contributed by atoms with Crippen LogP contribution in [0.1, 0.15) is 11.1 Å². The van der Waals surface area contributed by atoms with E-state index in [1.54, 1.807) is 0 Å². The largest absolute Gasteiger partial charge is 0.0622 e. The van der Waals surface area contributed by atoms with Crippen molar-refractivity contribution in [3.8, 4) is 0 Å². The molecule has 0 atom stereocenters. The van der Waals surface area contributed by atoms with E-state index >= 15 is 0 Å². The van der Waals surface area contributed by atoms with E-state index in [2.05, 4.69) is 52.3 Å². The Morgan fingerprint density at radius 3 is 1.80 bits per heavy atom. The molecule has 1 heteroatoms. The summed E-state index contributed by atoms with van der Waals surface area (Å²) in [4.78, 5) is 0. The Labute approximate surface area is 98.4 Å². The number of benzene rings is 2. The molecule has 0 N–H and O–H groups in total. The molecular weight excluding hydrogens is 248 g/mol. The van der Waals surface area contributed by atoms with Crippen molar-refractivity contribution in [3.63, 3.8) is 0 Å². The molecule has 2 aromatic rings. The van der Waals surface area contributed by atoms with E-state index in [-0.39, 0.29) is 0 Å². The van der Waals surface area contributed by atoms with Gasteiger partial charge >= 0.3 is 0 Å². The average molecular weight is 259 g/mol. The highest BCUT2D eigenvalue weighted by Crippen LogP contribution is 2.13. The summed E-state index contributed by atoms with van der Waals surface area (Å²) >= 11 is 3.42. The van der Waals surface area contributed by atoms with Crippen LogP contribution in [-0.4, -0.2) is 0 Å². The van der Waals surface area contributed by atoms with Gasteiger partial charge in [0.1, 0.15) is 0 Å². The molecule has 0 radical (unpaired) electrons. The summed E-state index contributed by atoms with van der Waals surface area (Å²) in [7, 11) is 0. The summed E-state index contributed by atoms with van der Waals surface area (Å²) in [6, 6.07) is 18.6. The Morgan fingerprint density at radius 2 is 1.20 bits per heavy atom. The molecular formula is C14H11Br. The lowest BCUT2D eigenvalue weighted by atomic mass is 10.1. The fourth-order valence-electron chi connectivity index (χ4n) is 1.33. The number of halogens is 1. The van der Waals surface area contributed by atoms with Crippen LogP contribution in [0, 0.1) is 0 Å². The fourth-order valence-corrected chi connectivity index (χ4v) is 1.59. The van der Waals surface area contributed by atoms with Crippen molar-refractivity contribution in [2.24, 2.45) is 0 Å². The fraction of sp³-hybridized carbons (Fsp3) is 0. The first-order chi connectivity index (χ1) is 7.34. The molecule has 0 unspecified atom stereocenters. The van der Waals surface area contributed by atoms with Gasteiger partial charge in [-0.2, -0.15) is 0 Å². The SMILES string of the molecule is Brc1ccc(/C=C\c2ccccc2)cc1. The molecule has 0 amide bonds. The van der Waals surface area contributed by atoms with Crippen molar-refractivity contribution in [1.29, 1.82) is 0 Å². The van der Waals surface area contributed by atoms with Crippen LogP contribution < -0.4 is 0 Å². The first-order valence-corrected chi connectivity index (χ1v) is 5.62. The molecule has 0 nitrogen and oxygen atoms in total. The molecule has 0 bridgehead atoms. The third-order valence-corrected chi connectivity index (χ3v) is 2.67. The summed E-state index contributed by atoms with van der Waals surface area (Å²) in [6.45, 7) is 0. The second-order valence-electron chi connectivity index (χ2n) is 3.30. The van der Waals surface area contributed by atoms with E-state index in [4.69, 9.17) is 0 Å². The van der Waals surface area contributed by atoms with Crippen molar-refractivity contribution in [2.45, 2.75) is 0 Å². The molecule has 0 aliphatic heterocycles. The Hall–Kier alpha value is -1.34. The predicted octanol–water partition coefficient (Wildman–Crippen LogP) is 4.62. The lowest BCUT2D eigenvalue weighted by Gasteiger charge is -1.94. The highest BCUT2D eigenvalue weighted by Gasteiger charge is 1.87. The van der Waals surface area contributed by atoms with E-state index in [0.29, 0.717) is 0 Å². The molecule has 0 saturated heterocycles. The van der Waals surface area contributed by atoms with Gasteiger partial charge in [0.25, 0.3) is 0 Å². The van der Waals surface area contributed by atoms with Gasteiger partial charge in [0.2, 0.25) is 0 Å². The smallest absolute Gasteiger partial charge is 0.0175 e. The minimum atomic E-state index is 1.11. The minimum Gasteiger partial charge on any atom is -0.0622 e. The molecule has 74 valence electrons. The molecule has 0 aliphatic rings. The van der Waals surface area contributed by atoms with Gasteiger partial charge in [-0.15, -0.1) is 0 Å². The van der Waals surface area contributed by atoms with Gasteiger partial charge in [0.15, 0.2) is 0 Å². The third-order valence-electron chi connectivity index (χ3n) is 2.14. The average Bonchev–Trinajstić information content (AvgIpc) is 2.30. The maximum absolute atomic E-state index is 3.42. The molecule has 0 heterocycles. The molecule has 2 rings (SSSR count). The van der Waals surface area contributed by atoms with Gasteiger partial charge in [0.05, 0.1) is 0 Å². The van der Waals surface area contributed by atoms with Crippen molar-refractivity contribution in [1.82, 2.24) is 0 Å². The molecule has 2 aromatic carbocycles. The lowest BCUT2D eigenvalue weighted by Crippen LogP contribution is -1.72. The summed E-state index contributed by atoms with van der Waals surface area (Å²) in [5.74, 6) is 0. The van der Waals surface area contributed by atoms with Crippen molar-refractivity contribution < 1.29 is 0 Å². The van der Waals surface area contributed by atoms with Gasteiger partial charge < -0.3 is 0 Å². The van der Waals surface area contributed by atoms with Crippen LogP contribution in [0.3, 0.4) is 0 Å². The Morgan fingerprint density at radius 1 is 0.667 bits per heavy atom. The maximum Gasteiger partial charge on any atom is 0.0175 e. The predicted molar refractivity (Wildman–Crippen MR) is 69.5 cm³/mol. The van der Waals surface area contributed by atoms with Crippen LogP contribution in [-0.2, 0) is 0 Å². The van der Waals surface area contributed by atoms with Crippen LogP contribution in [0.4, 0.5) is 0 Å². The quantitative estimate of drug-likeness (QED) is 0.690. The zero-order valence-corrected chi connectivity index (χ0v) is 9.81. The second kappa shape index (κ2) is 4.94. The van der Waals surface area contributed by atoms with Crippen LogP contribution in [0.5, 0.6) is 0 Å². The van der Waals surface area contributed by atoms with E-state index in [0.717, 1.165) is 4.47 Å². The Bertz CT molecular complexity index is 441. The first-order valence-electron chi connectivity index (χ1n) is 4.83. The normalized spacial score (nSPS) is 10.7. The van der Waals surface area contributed by atoms with Crippen LogP contribution >= 0.6 is 15.9 Å². The highest BCUT2D eigenvalue weighted by atomic mass is 79.9. The van der Waals surface area contributed by atoms with Gasteiger partial charge in [-0.3, -0.25) is 0 Å². The van der Waals surface area contributed by atoms with Gasteiger partial charge in [-0.25, -0.2) is 0 Å². The van der Waals surface area contributed by atoms with Gasteiger partial charge in [-0.1, -0.05) is 70.5 Å².